The third kappa shape index (κ3) is 3.55. The van der Waals surface area contributed by atoms with Gasteiger partial charge in [-0.1, -0.05) is 13.3 Å². The lowest BCUT2D eigenvalue weighted by Crippen LogP contribution is -2.26. The van der Waals surface area contributed by atoms with Crippen molar-refractivity contribution in [3.8, 4) is 0 Å². The smallest absolute Gasteiger partial charge is 0.157 e. The zero-order chi connectivity index (χ0) is 8.81. The molecule has 0 saturated carbocycles. The lowest BCUT2D eigenvalue weighted by molar-refractivity contribution is -0.185. The maximum absolute atomic E-state index is 5.71. The van der Waals surface area contributed by atoms with Crippen LogP contribution in [0.2, 0.25) is 0 Å². The number of ether oxygens (including phenoxy) is 2. The van der Waals surface area contributed by atoms with Crippen molar-refractivity contribution in [2.75, 3.05) is 6.61 Å². The summed E-state index contributed by atoms with van der Waals surface area (Å²) in [6, 6.07) is 0. The molecule has 0 spiro atoms. The van der Waals surface area contributed by atoms with Crippen LogP contribution in [-0.2, 0) is 9.47 Å². The molecule has 0 bridgehead atoms. The van der Waals surface area contributed by atoms with Crippen LogP contribution >= 0.6 is 0 Å². The lowest BCUT2D eigenvalue weighted by atomic mass is 10.2. The minimum Gasteiger partial charge on any atom is -0.353 e. The first-order valence-electron chi connectivity index (χ1n) is 5.10. The highest BCUT2D eigenvalue weighted by Crippen LogP contribution is 2.16. The van der Waals surface area contributed by atoms with Crippen LogP contribution in [0.3, 0.4) is 0 Å². The van der Waals surface area contributed by atoms with Crippen molar-refractivity contribution in [1.29, 1.82) is 0 Å². The Hall–Kier alpha value is -0.0800. The van der Waals surface area contributed by atoms with Crippen molar-refractivity contribution in [1.82, 2.24) is 0 Å². The molecule has 1 rings (SSSR count). The third-order valence-corrected chi connectivity index (χ3v) is 2.22. The van der Waals surface area contributed by atoms with Crippen LogP contribution < -0.4 is 0 Å². The van der Waals surface area contributed by atoms with Gasteiger partial charge in [0.25, 0.3) is 0 Å². The molecule has 1 saturated heterocycles. The molecule has 0 aromatic rings. The molecule has 0 aromatic carbocycles. The summed E-state index contributed by atoms with van der Waals surface area (Å²) in [4.78, 5) is 0. The molecule has 1 aliphatic rings. The second kappa shape index (κ2) is 5.55. The van der Waals surface area contributed by atoms with Crippen molar-refractivity contribution in [3.05, 3.63) is 0 Å². The molecule has 2 heteroatoms. The Morgan fingerprint density at radius 3 is 2.92 bits per heavy atom. The standard InChI is InChI=1S/C10H20O2/c1-3-6-9(2)12-10-7-4-5-8-11-10/h9-10H,3-8H2,1-2H3. The van der Waals surface area contributed by atoms with Crippen molar-refractivity contribution in [3.63, 3.8) is 0 Å². The third-order valence-electron chi connectivity index (χ3n) is 2.22. The van der Waals surface area contributed by atoms with Gasteiger partial charge < -0.3 is 9.47 Å². The summed E-state index contributed by atoms with van der Waals surface area (Å²) in [6.07, 6.45) is 6.30. The van der Waals surface area contributed by atoms with Crippen LogP contribution in [0.4, 0.5) is 0 Å². The summed E-state index contributed by atoms with van der Waals surface area (Å²) < 4.78 is 11.2. The van der Waals surface area contributed by atoms with Gasteiger partial charge in [-0.2, -0.15) is 0 Å². The quantitative estimate of drug-likeness (QED) is 0.649. The Kier molecular flexibility index (Phi) is 4.62. The van der Waals surface area contributed by atoms with Crippen LogP contribution in [0.1, 0.15) is 46.0 Å². The summed E-state index contributed by atoms with van der Waals surface area (Å²) in [5.41, 5.74) is 0. The van der Waals surface area contributed by atoms with E-state index in [0.717, 1.165) is 19.4 Å². The molecular weight excluding hydrogens is 152 g/mol. The molecule has 0 aliphatic carbocycles. The topological polar surface area (TPSA) is 18.5 Å². The van der Waals surface area contributed by atoms with Crippen molar-refractivity contribution >= 4 is 0 Å². The van der Waals surface area contributed by atoms with E-state index in [1.54, 1.807) is 0 Å². The Morgan fingerprint density at radius 2 is 2.33 bits per heavy atom. The SMILES string of the molecule is CCCC(C)OC1CCCCO1. The molecule has 1 fully saturated rings. The second-order valence-corrected chi connectivity index (χ2v) is 3.53. The number of rotatable bonds is 4. The van der Waals surface area contributed by atoms with E-state index in [1.165, 1.54) is 19.3 Å². The monoisotopic (exact) mass is 172 g/mol. The van der Waals surface area contributed by atoms with Crippen molar-refractivity contribution < 1.29 is 9.47 Å². The van der Waals surface area contributed by atoms with E-state index in [9.17, 15) is 0 Å². The van der Waals surface area contributed by atoms with Crippen LogP contribution in [0.25, 0.3) is 0 Å². The van der Waals surface area contributed by atoms with E-state index < -0.39 is 0 Å². The molecule has 1 heterocycles. The Balaban J connectivity index is 2.11. The highest BCUT2D eigenvalue weighted by Gasteiger charge is 2.16. The molecule has 72 valence electrons. The minimum absolute atomic E-state index is 0.0836. The highest BCUT2D eigenvalue weighted by atomic mass is 16.7. The van der Waals surface area contributed by atoms with Gasteiger partial charge in [-0.25, -0.2) is 0 Å². The van der Waals surface area contributed by atoms with E-state index in [4.69, 9.17) is 9.47 Å². The minimum atomic E-state index is 0.0836. The first-order chi connectivity index (χ1) is 5.83. The molecule has 1 aliphatic heterocycles. The first-order valence-corrected chi connectivity index (χ1v) is 5.10. The fraction of sp³-hybridized carbons (Fsp3) is 1.00. The van der Waals surface area contributed by atoms with Crippen LogP contribution in [0.5, 0.6) is 0 Å². The van der Waals surface area contributed by atoms with Gasteiger partial charge in [0, 0.05) is 6.61 Å². The summed E-state index contributed by atoms with van der Waals surface area (Å²) in [5.74, 6) is 0. The Morgan fingerprint density at radius 1 is 1.50 bits per heavy atom. The molecule has 0 amide bonds. The molecule has 2 unspecified atom stereocenters. The van der Waals surface area contributed by atoms with E-state index in [-0.39, 0.29) is 6.29 Å². The molecule has 12 heavy (non-hydrogen) atoms. The average Bonchev–Trinajstić information content (AvgIpc) is 2.06. The summed E-state index contributed by atoms with van der Waals surface area (Å²) in [7, 11) is 0. The molecule has 2 nitrogen and oxygen atoms in total. The molecule has 0 aromatic heterocycles. The van der Waals surface area contributed by atoms with Gasteiger partial charge in [-0.15, -0.1) is 0 Å². The van der Waals surface area contributed by atoms with E-state index in [2.05, 4.69) is 13.8 Å². The van der Waals surface area contributed by atoms with Crippen molar-refractivity contribution in [2.45, 2.75) is 58.3 Å². The van der Waals surface area contributed by atoms with Gasteiger partial charge >= 0.3 is 0 Å². The fourth-order valence-electron chi connectivity index (χ4n) is 1.55. The normalized spacial score (nSPS) is 27.0. The largest absolute Gasteiger partial charge is 0.353 e. The molecule has 0 radical (unpaired) electrons. The maximum atomic E-state index is 5.71. The highest BCUT2D eigenvalue weighted by molar-refractivity contribution is 4.57. The fourth-order valence-corrected chi connectivity index (χ4v) is 1.55. The van der Waals surface area contributed by atoms with Crippen molar-refractivity contribution in [2.24, 2.45) is 0 Å². The molecule has 0 N–H and O–H groups in total. The average molecular weight is 172 g/mol. The Bertz CT molecular complexity index is 108. The summed E-state index contributed by atoms with van der Waals surface area (Å²) in [6.45, 7) is 5.19. The van der Waals surface area contributed by atoms with Crippen LogP contribution in [0.15, 0.2) is 0 Å². The van der Waals surface area contributed by atoms with E-state index in [1.807, 2.05) is 0 Å². The second-order valence-electron chi connectivity index (χ2n) is 3.53. The zero-order valence-electron chi connectivity index (χ0n) is 8.21. The summed E-state index contributed by atoms with van der Waals surface area (Å²) in [5, 5.41) is 0. The van der Waals surface area contributed by atoms with Crippen LogP contribution in [-0.4, -0.2) is 19.0 Å². The van der Waals surface area contributed by atoms with E-state index >= 15 is 0 Å². The first kappa shape index (κ1) is 10.0. The maximum Gasteiger partial charge on any atom is 0.157 e. The van der Waals surface area contributed by atoms with Gasteiger partial charge in [0.2, 0.25) is 0 Å². The van der Waals surface area contributed by atoms with Crippen LogP contribution in [0, 0.1) is 0 Å². The molecule has 2 atom stereocenters. The van der Waals surface area contributed by atoms with Gasteiger partial charge in [0.1, 0.15) is 0 Å². The van der Waals surface area contributed by atoms with E-state index in [0.29, 0.717) is 6.10 Å². The Labute approximate surface area is 75.2 Å². The number of hydrogen-bond donors (Lipinski definition) is 0. The van der Waals surface area contributed by atoms with Gasteiger partial charge in [-0.3, -0.25) is 0 Å². The van der Waals surface area contributed by atoms with Gasteiger partial charge in [0.15, 0.2) is 6.29 Å². The lowest BCUT2D eigenvalue weighted by Gasteiger charge is -2.25. The van der Waals surface area contributed by atoms with Gasteiger partial charge in [-0.05, 0) is 32.6 Å². The predicted molar refractivity (Wildman–Crippen MR) is 49.0 cm³/mol. The summed E-state index contributed by atoms with van der Waals surface area (Å²) >= 11 is 0. The van der Waals surface area contributed by atoms with Gasteiger partial charge in [0.05, 0.1) is 6.10 Å². The predicted octanol–water partition coefficient (Wildman–Crippen LogP) is 2.72. The molecular formula is C10H20O2. The zero-order valence-corrected chi connectivity index (χ0v) is 8.21. The number of hydrogen-bond acceptors (Lipinski definition) is 2.